The number of halogens is 1. The Morgan fingerprint density at radius 1 is 1.55 bits per heavy atom. The Kier molecular flexibility index (Phi) is 3.88. The van der Waals surface area contributed by atoms with Crippen LogP contribution in [0.1, 0.15) is 16.1 Å². The molecule has 0 saturated carbocycles. The summed E-state index contributed by atoms with van der Waals surface area (Å²) in [6.45, 7) is 0.373. The van der Waals surface area contributed by atoms with E-state index in [2.05, 4.69) is 15.2 Å². The van der Waals surface area contributed by atoms with Crippen molar-refractivity contribution < 1.29 is 13.9 Å². The number of hydrogen-bond acceptors (Lipinski definition) is 5. The van der Waals surface area contributed by atoms with Gasteiger partial charge in [0.05, 0.1) is 30.6 Å². The lowest BCUT2D eigenvalue weighted by atomic mass is 10.1. The Hall–Kier alpha value is -2.57. The van der Waals surface area contributed by atoms with Gasteiger partial charge in [-0.25, -0.2) is 9.18 Å². The van der Waals surface area contributed by atoms with E-state index in [1.54, 1.807) is 17.9 Å². The maximum atomic E-state index is 13.8. The van der Waals surface area contributed by atoms with Gasteiger partial charge in [-0.05, 0) is 18.2 Å². The van der Waals surface area contributed by atoms with Crippen LogP contribution in [0.4, 0.5) is 15.8 Å². The summed E-state index contributed by atoms with van der Waals surface area (Å²) in [7, 11) is 3.03. The van der Waals surface area contributed by atoms with Crippen molar-refractivity contribution >= 4 is 17.3 Å². The normalized spacial score (nSPS) is 10.3. The molecule has 0 unspecified atom stereocenters. The highest BCUT2D eigenvalue weighted by molar-refractivity contribution is 5.96. The van der Waals surface area contributed by atoms with Crippen molar-refractivity contribution in [3.63, 3.8) is 0 Å². The summed E-state index contributed by atoms with van der Waals surface area (Å²) in [6.07, 6.45) is 1.65. The van der Waals surface area contributed by atoms with Gasteiger partial charge in [0.15, 0.2) is 0 Å². The Morgan fingerprint density at radius 3 is 2.90 bits per heavy atom. The predicted molar refractivity (Wildman–Crippen MR) is 72.7 cm³/mol. The van der Waals surface area contributed by atoms with E-state index in [0.29, 0.717) is 6.54 Å². The molecule has 1 aromatic heterocycles. The number of esters is 1. The largest absolute Gasteiger partial charge is 0.465 e. The number of hydrogen-bond donors (Lipinski definition) is 2. The molecule has 0 atom stereocenters. The third-order valence-corrected chi connectivity index (χ3v) is 2.93. The van der Waals surface area contributed by atoms with Crippen LogP contribution in [0.2, 0.25) is 0 Å². The number of nitrogen functional groups attached to an aromatic ring is 1. The molecule has 0 amide bonds. The van der Waals surface area contributed by atoms with E-state index in [1.807, 2.05) is 6.07 Å². The molecule has 0 bridgehead atoms. The number of aromatic nitrogens is 2. The minimum absolute atomic E-state index is 0.0421. The number of carbonyl (C=O) groups is 1. The van der Waals surface area contributed by atoms with Crippen LogP contribution in [0.25, 0.3) is 0 Å². The predicted octanol–water partition coefficient (Wildman–Crippen LogP) is 1.54. The van der Waals surface area contributed by atoms with Gasteiger partial charge in [0.2, 0.25) is 0 Å². The molecule has 0 aliphatic carbocycles. The van der Waals surface area contributed by atoms with Gasteiger partial charge in [0, 0.05) is 18.9 Å². The third kappa shape index (κ3) is 2.71. The van der Waals surface area contributed by atoms with Gasteiger partial charge in [-0.3, -0.25) is 4.68 Å². The first-order valence-electron chi connectivity index (χ1n) is 5.91. The molecular weight excluding hydrogens is 263 g/mol. The smallest absolute Gasteiger partial charge is 0.340 e. The molecule has 0 spiro atoms. The van der Waals surface area contributed by atoms with Gasteiger partial charge in [-0.15, -0.1) is 0 Å². The SMILES string of the molecule is COC(=O)c1cc(NCc2ccnn2C)c(F)cc1N. The quantitative estimate of drug-likeness (QED) is 0.655. The lowest BCUT2D eigenvalue weighted by molar-refractivity contribution is 0.0602. The van der Waals surface area contributed by atoms with Crippen molar-refractivity contribution in [3.05, 3.63) is 41.5 Å². The molecule has 2 aromatic rings. The van der Waals surface area contributed by atoms with E-state index < -0.39 is 11.8 Å². The van der Waals surface area contributed by atoms with Crippen LogP contribution in [-0.4, -0.2) is 22.9 Å². The van der Waals surface area contributed by atoms with Crippen LogP contribution in [-0.2, 0) is 18.3 Å². The van der Waals surface area contributed by atoms with Crippen LogP contribution < -0.4 is 11.1 Å². The third-order valence-electron chi connectivity index (χ3n) is 2.93. The van der Waals surface area contributed by atoms with E-state index in [9.17, 15) is 9.18 Å². The van der Waals surface area contributed by atoms with Gasteiger partial charge in [-0.1, -0.05) is 0 Å². The zero-order valence-electron chi connectivity index (χ0n) is 11.2. The zero-order valence-corrected chi connectivity index (χ0v) is 11.2. The summed E-state index contributed by atoms with van der Waals surface area (Å²) in [5.74, 6) is -1.14. The Bertz CT molecular complexity index is 639. The molecule has 0 radical (unpaired) electrons. The number of ether oxygens (including phenoxy) is 1. The summed E-state index contributed by atoms with van der Waals surface area (Å²) in [5.41, 5.74) is 6.82. The number of aryl methyl sites for hydroxylation is 1. The molecule has 1 heterocycles. The second kappa shape index (κ2) is 5.60. The number of nitrogens with one attached hydrogen (secondary N) is 1. The number of methoxy groups -OCH3 is 1. The van der Waals surface area contributed by atoms with Crippen molar-refractivity contribution in [2.45, 2.75) is 6.54 Å². The van der Waals surface area contributed by atoms with E-state index in [4.69, 9.17) is 5.73 Å². The van der Waals surface area contributed by atoms with E-state index >= 15 is 0 Å². The van der Waals surface area contributed by atoms with E-state index in [-0.39, 0.29) is 16.9 Å². The molecule has 2 rings (SSSR count). The highest BCUT2D eigenvalue weighted by Crippen LogP contribution is 2.23. The standard InChI is InChI=1S/C13H15FN4O2/c1-18-8(3-4-17-18)7-16-12-5-9(13(19)20-2)11(15)6-10(12)14/h3-6,16H,7,15H2,1-2H3. The van der Waals surface area contributed by atoms with Crippen molar-refractivity contribution in [2.24, 2.45) is 7.05 Å². The van der Waals surface area contributed by atoms with Gasteiger partial charge in [-0.2, -0.15) is 5.10 Å². The molecular formula is C13H15FN4O2. The van der Waals surface area contributed by atoms with Crippen molar-refractivity contribution in [1.29, 1.82) is 0 Å². The van der Waals surface area contributed by atoms with Crippen molar-refractivity contribution in [1.82, 2.24) is 9.78 Å². The van der Waals surface area contributed by atoms with Crippen LogP contribution in [0.15, 0.2) is 24.4 Å². The highest BCUT2D eigenvalue weighted by atomic mass is 19.1. The van der Waals surface area contributed by atoms with Gasteiger partial charge < -0.3 is 15.8 Å². The first-order chi connectivity index (χ1) is 9.52. The molecule has 0 fully saturated rings. The molecule has 20 heavy (non-hydrogen) atoms. The lowest BCUT2D eigenvalue weighted by Gasteiger charge is -2.11. The molecule has 7 heteroatoms. The maximum Gasteiger partial charge on any atom is 0.340 e. The van der Waals surface area contributed by atoms with Crippen LogP contribution in [0.5, 0.6) is 0 Å². The average molecular weight is 278 g/mol. The fourth-order valence-electron chi connectivity index (χ4n) is 1.77. The maximum absolute atomic E-state index is 13.8. The fourth-order valence-corrected chi connectivity index (χ4v) is 1.77. The van der Waals surface area contributed by atoms with Gasteiger partial charge in [0.1, 0.15) is 5.82 Å². The summed E-state index contributed by atoms with van der Waals surface area (Å²) >= 11 is 0. The average Bonchev–Trinajstić information content (AvgIpc) is 2.82. The second-order valence-electron chi connectivity index (χ2n) is 4.21. The topological polar surface area (TPSA) is 82.2 Å². The number of nitrogens with two attached hydrogens (primary N) is 1. The first-order valence-corrected chi connectivity index (χ1v) is 5.91. The first kappa shape index (κ1) is 13.9. The summed E-state index contributed by atoms with van der Waals surface area (Å²) in [6, 6.07) is 4.24. The molecule has 0 aliphatic heterocycles. The monoisotopic (exact) mass is 278 g/mol. The highest BCUT2D eigenvalue weighted by Gasteiger charge is 2.14. The fraction of sp³-hybridized carbons (Fsp3) is 0.231. The van der Waals surface area contributed by atoms with Gasteiger partial charge >= 0.3 is 5.97 Å². The van der Waals surface area contributed by atoms with Gasteiger partial charge in [0.25, 0.3) is 0 Å². The number of rotatable bonds is 4. The van der Waals surface area contributed by atoms with Crippen molar-refractivity contribution in [3.8, 4) is 0 Å². The number of anilines is 2. The summed E-state index contributed by atoms with van der Waals surface area (Å²) in [4.78, 5) is 11.5. The lowest BCUT2D eigenvalue weighted by Crippen LogP contribution is -2.10. The van der Waals surface area contributed by atoms with E-state index in [1.165, 1.54) is 13.2 Å². The van der Waals surface area contributed by atoms with E-state index in [0.717, 1.165) is 11.8 Å². The molecule has 6 nitrogen and oxygen atoms in total. The molecule has 3 N–H and O–H groups in total. The van der Waals surface area contributed by atoms with Crippen LogP contribution >= 0.6 is 0 Å². The minimum Gasteiger partial charge on any atom is -0.465 e. The number of carbonyl (C=O) groups excluding carboxylic acids is 1. The number of nitrogens with zero attached hydrogens (tertiary/aromatic N) is 2. The van der Waals surface area contributed by atoms with Crippen LogP contribution in [0, 0.1) is 5.82 Å². The molecule has 0 aliphatic rings. The second-order valence-corrected chi connectivity index (χ2v) is 4.21. The number of benzene rings is 1. The summed E-state index contributed by atoms with van der Waals surface area (Å²) < 4.78 is 20.1. The molecule has 1 aromatic carbocycles. The molecule has 106 valence electrons. The molecule has 0 saturated heterocycles. The Balaban J connectivity index is 2.23. The summed E-state index contributed by atoms with van der Waals surface area (Å²) in [5, 5.41) is 6.92. The Labute approximate surface area is 115 Å². The van der Waals surface area contributed by atoms with Crippen LogP contribution in [0.3, 0.4) is 0 Å². The zero-order chi connectivity index (χ0) is 14.7. The minimum atomic E-state index is -0.605. The Morgan fingerprint density at radius 2 is 2.30 bits per heavy atom. The van der Waals surface area contributed by atoms with Crippen molar-refractivity contribution in [2.75, 3.05) is 18.2 Å².